The number of alkyl halides is 1. The van der Waals surface area contributed by atoms with E-state index in [1.165, 1.54) is 12.1 Å². The number of amides is 4. The number of aryl methyl sites for hydroxylation is 2. The van der Waals surface area contributed by atoms with Gasteiger partial charge in [-0.15, -0.1) is 11.6 Å². The van der Waals surface area contributed by atoms with Crippen LogP contribution in [0.2, 0.25) is 0 Å². The molecule has 242 valence electrons. The van der Waals surface area contributed by atoms with Crippen LogP contribution in [-0.4, -0.2) is 73.1 Å². The average molecular weight is 669 g/mol. The van der Waals surface area contributed by atoms with Gasteiger partial charge in [0, 0.05) is 67.6 Å². The lowest BCUT2D eigenvalue weighted by molar-refractivity contribution is -0.849. The number of rotatable bonds is 14. The van der Waals surface area contributed by atoms with Crippen molar-refractivity contribution in [3.05, 3.63) is 83.7 Å². The first-order valence-corrected chi connectivity index (χ1v) is 15.8. The fraction of sp³-hybridized carbons (Fsp3) is 0.233. The van der Waals surface area contributed by atoms with Gasteiger partial charge in [0.2, 0.25) is 5.70 Å². The summed E-state index contributed by atoms with van der Waals surface area (Å²) in [5, 5.41) is 15.5. The number of anilines is 2. The average Bonchev–Trinajstić information content (AvgIpc) is 3.67. The van der Waals surface area contributed by atoms with Gasteiger partial charge in [-0.3, -0.25) is 28.8 Å². The van der Waals surface area contributed by atoms with Crippen molar-refractivity contribution >= 4 is 69.3 Å². The maximum absolute atomic E-state index is 13.5. The molecule has 1 aromatic carbocycles. The molecule has 0 aliphatic carbocycles. The highest BCUT2D eigenvalue weighted by atomic mass is 35.5. The number of hydrogen-bond donors (Lipinski definition) is 6. The fourth-order valence-corrected chi connectivity index (χ4v) is 6.05. The number of carbonyl (C=O) groups excluding carboxylic acids is 4. The van der Waals surface area contributed by atoms with Gasteiger partial charge < -0.3 is 30.8 Å². The number of quaternary nitrogens is 1. The molecular weight excluding hydrogens is 634 g/mol. The summed E-state index contributed by atoms with van der Waals surface area (Å²) in [7, 11) is 3.73. The van der Waals surface area contributed by atoms with Crippen LogP contribution in [-0.2, 0) is 34.5 Å². The van der Waals surface area contributed by atoms with Crippen LogP contribution in [0.3, 0.4) is 0 Å². The molecule has 0 saturated carbocycles. The lowest BCUT2D eigenvalue weighted by Crippen LogP contribution is -2.50. The molecule has 0 saturated heterocycles. The normalized spacial score (nSPS) is 16.2. The van der Waals surface area contributed by atoms with Crippen LogP contribution in [0.4, 0.5) is 11.4 Å². The molecule has 16 heteroatoms. The summed E-state index contributed by atoms with van der Waals surface area (Å²) in [4.78, 5) is 51.2. The summed E-state index contributed by atoms with van der Waals surface area (Å²) >= 11 is 5.71. The Balaban J connectivity index is 1.47. The van der Waals surface area contributed by atoms with E-state index in [9.17, 15) is 23.4 Å². The molecule has 2 aromatic heterocycles. The number of nitrogens with zero attached hydrogens (tertiary/aromatic N) is 3. The first-order valence-electron chi connectivity index (χ1n) is 14.0. The second kappa shape index (κ2) is 14.4. The summed E-state index contributed by atoms with van der Waals surface area (Å²) < 4.78 is 15.1. The first kappa shape index (κ1) is 33.9. The van der Waals surface area contributed by atoms with E-state index in [1.807, 2.05) is 0 Å². The summed E-state index contributed by atoms with van der Waals surface area (Å²) in [5.74, 6) is -0.780. The molecule has 1 aliphatic rings. The van der Waals surface area contributed by atoms with E-state index in [0.717, 1.165) is 5.56 Å². The van der Waals surface area contributed by atoms with Gasteiger partial charge in [-0.1, -0.05) is 12.1 Å². The van der Waals surface area contributed by atoms with Crippen LogP contribution in [0.15, 0.2) is 71.7 Å². The SMILES string of the molecule is Cn1cc(NC(=O)c2cc(NC(=O)C3=CC(c4ccc(S(=O)CCCl)cc4)=C[N+]3(C)NC=O)cn2C)cc1C(=O)NCCC(=N)N. The maximum Gasteiger partial charge on any atom is 0.312 e. The van der Waals surface area contributed by atoms with Crippen molar-refractivity contribution in [3.63, 3.8) is 0 Å². The third kappa shape index (κ3) is 7.80. The Morgan fingerprint density at radius 1 is 1.00 bits per heavy atom. The van der Waals surface area contributed by atoms with Crippen LogP contribution in [0.5, 0.6) is 0 Å². The number of nitrogens with one attached hydrogen (secondary N) is 5. The van der Waals surface area contributed by atoms with Crippen LogP contribution in [0.1, 0.15) is 33.0 Å². The van der Waals surface area contributed by atoms with Crippen molar-refractivity contribution < 1.29 is 28.0 Å². The van der Waals surface area contributed by atoms with Gasteiger partial charge in [0.1, 0.15) is 24.6 Å². The largest absolute Gasteiger partial charge is 0.388 e. The molecule has 7 N–H and O–H groups in total. The molecule has 14 nitrogen and oxygen atoms in total. The monoisotopic (exact) mass is 668 g/mol. The van der Waals surface area contributed by atoms with Crippen LogP contribution in [0.25, 0.3) is 5.57 Å². The number of likely N-dealkylation sites (N-methyl/N-ethyl adjacent to an activating group) is 1. The van der Waals surface area contributed by atoms with Gasteiger partial charge in [0.05, 0.1) is 28.0 Å². The minimum absolute atomic E-state index is 0.0362. The third-order valence-electron chi connectivity index (χ3n) is 7.13. The molecular formula is C30H35ClN9O5S+. The van der Waals surface area contributed by atoms with E-state index in [4.69, 9.17) is 22.7 Å². The highest BCUT2D eigenvalue weighted by molar-refractivity contribution is 7.85. The van der Waals surface area contributed by atoms with Gasteiger partial charge in [-0.2, -0.15) is 10.0 Å². The molecule has 0 bridgehead atoms. The number of amidine groups is 1. The quantitative estimate of drug-likeness (QED) is 0.0500. The Hall–Kier alpha value is -4.99. The molecule has 46 heavy (non-hydrogen) atoms. The van der Waals surface area contributed by atoms with E-state index < -0.39 is 22.6 Å². The summed E-state index contributed by atoms with van der Waals surface area (Å²) in [5.41, 5.74) is 10.9. The van der Waals surface area contributed by atoms with Gasteiger partial charge in [0.15, 0.2) is 0 Å². The smallest absolute Gasteiger partial charge is 0.312 e. The predicted octanol–water partition coefficient (Wildman–Crippen LogP) is 2.00. The maximum atomic E-state index is 13.5. The minimum atomic E-state index is -1.22. The first-order chi connectivity index (χ1) is 21.8. The minimum Gasteiger partial charge on any atom is -0.388 e. The van der Waals surface area contributed by atoms with Crippen molar-refractivity contribution in [1.82, 2.24) is 19.9 Å². The fourth-order valence-electron chi connectivity index (χ4n) is 4.81. The molecule has 2 unspecified atom stereocenters. The topological polar surface area (TPSA) is 193 Å². The molecule has 2 atom stereocenters. The van der Waals surface area contributed by atoms with E-state index >= 15 is 0 Å². The molecule has 3 aromatic rings. The zero-order valence-electron chi connectivity index (χ0n) is 25.4. The van der Waals surface area contributed by atoms with Gasteiger partial charge in [0.25, 0.3) is 18.2 Å². The number of allylic oxidation sites excluding steroid dienone is 2. The van der Waals surface area contributed by atoms with E-state index in [1.54, 1.807) is 79.2 Å². The second-order valence-corrected chi connectivity index (χ2v) is 12.5. The van der Waals surface area contributed by atoms with Gasteiger partial charge >= 0.3 is 5.91 Å². The number of benzene rings is 1. The summed E-state index contributed by atoms with van der Waals surface area (Å²) in [6, 6.07) is 10.1. The Labute approximate surface area is 272 Å². The van der Waals surface area contributed by atoms with Crippen molar-refractivity contribution in [2.45, 2.75) is 11.3 Å². The van der Waals surface area contributed by atoms with E-state index in [0.29, 0.717) is 39.7 Å². The predicted molar refractivity (Wildman–Crippen MR) is 176 cm³/mol. The lowest BCUT2D eigenvalue weighted by Gasteiger charge is -2.25. The number of aromatic nitrogens is 2. The molecule has 0 spiro atoms. The Bertz CT molecular complexity index is 1780. The Morgan fingerprint density at radius 3 is 2.15 bits per heavy atom. The van der Waals surface area contributed by atoms with Crippen molar-refractivity contribution in [3.8, 4) is 0 Å². The lowest BCUT2D eigenvalue weighted by atomic mass is 10.1. The zero-order valence-corrected chi connectivity index (χ0v) is 27.0. The third-order valence-corrected chi connectivity index (χ3v) is 8.91. The van der Waals surface area contributed by atoms with Crippen molar-refractivity contribution in [1.29, 1.82) is 5.41 Å². The van der Waals surface area contributed by atoms with Crippen LogP contribution in [0, 0.1) is 5.41 Å². The second-order valence-electron chi connectivity index (χ2n) is 10.6. The number of halogens is 1. The highest BCUT2D eigenvalue weighted by Gasteiger charge is 2.38. The van der Waals surface area contributed by atoms with Crippen LogP contribution >= 0.6 is 11.6 Å². The molecule has 0 fully saturated rings. The number of nitrogens with two attached hydrogens (primary N) is 1. The van der Waals surface area contributed by atoms with Crippen molar-refractivity contribution in [2.24, 2.45) is 19.8 Å². The number of hydrogen-bond acceptors (Lipinski definition) is 6. The molecule has 4 rings (SSSR count). The van der Waals surface area contributed by atoms with Gasteiger partial charge in [-0.25, -0.2) is 0 Å². The summed E-state index contributed by atoms with van der Waals surface area (Å²) in [6.07, 6.45) is 7.24. The molecule has 3 heterocycles. The highest BCUT2D eigenvalue weighted by Crippen LogP contribution is 2.32. The van der Waals surface area contributed by atoms with E-state index in [-0.39, 0.29) is 46.6 Å². The Morgan fingerprint density at radius 2 is 1.59 bits per heavy atom. The molecule has 1 aliphatic heterocycles. The zero-order chi connectivity index (χ0) is 33.6. The van der Waals surface area contributed by atoms with E-state index in [2.05, 4.69) is 21.4 Å². The Kier molecular flexibility index (Phi) is 10.6. The van der Waals surface area contributed by atoms with Crippen LogP contribution < -0.4 is 27.1 Å². The van der Waals surface area contributed by atoms with Crippen molar-refractivity contribution in [2.75, 3.05) is 35.9 Å². The molecule has 4 amide bonds. The number of carbonyl (C=O) groups is 4. The standard InChI is InChI=1S/C30H34ClN9O5S/c1-38-15-21(13-24(38)28(42)34-10-8-27(32)33)36-29(43)25-14-22(16-39(25)2)37-30(44)26-12-20(17-40(26,3)35-18-41)19-4-6-23(7-5-19)46(45)11-9-31/h4-7,12-18H,8-11H2,1-3H3,(H6-,32,33,34,35,36,37,41,42,43,44)/p+1. The van der Waals surface area contributed by atoms with Gasteiger partial charge in [-0.05, 0) is 29.8 Å². The molecule has 0 radical (unpaired) electrons. The summed E-state index contributed by atoms with van der Waals surface area (Å²) in [6.45, 7) is 0.210.